The van der Waals surface area contributed by atoms with E-state index in [2.05, 4.69) is 47.5 Å². The molecule has 24 heavy (non-hydrogen) atoms. The van der Waals surface area contributed by atoms with Gasteiger partial charge in [-0.25, -0.2) is 0 Å². The van der Waals surface area contributed by atoms with E-state index in [1.807, 2.05) is 25.2 Å². The Bertz CT molecular complexity index is 659. The first-order chi connectivity index (χ1) is 11.7. The third-order valence-electron chi connectivity index (χ3n) is 4.72. The molecule has 128 valence electrons. The number of nitrogens with zero attached hydrogens (tertiary/aromatic N) is 1. The summed E-state index contributed by atoms with van der Waals surface area (Å²) in [5.74, 6) is 0. The molecule has 0 amide bonds. The Morgan fingerprint density at radius 2 is 1.96 bits per heavy atom. The molecule has 2 atom stereocenters. The summed E-state index contributed by atoms with van der Waals surface area (Å²) in [5.41, 5.74) is 3.74. The van der Waals surface area contributed by atoms with Crippen LogP contribution >= 0.6 is 11.6 Å². The van der Waals surface area contributed by atoms with Crippen LogP contribution in [0.5, 0.6) is 0 Å². The van der Waals surface area contributed by atoms with Gasteiger partial charge < -0.3 is 10.1 Å². The van der Waals surface area contributed by atoms with Crippen molar-refractivity contribution in [1.82, 2.24) is 10.2 Å². The van der Waals surface area contributed by atoms with E-state index in [1.165, 1.54) is 11.1 Å². The second kappa shape index (κ2) is 8.13. The minimum absolute atomic E-state index is 0.0519. The summed E-state index contributed by atoms with van der Waals surface area (Å²) in [5, 5.41) is 4.06. The molecule has 1 unspecified atom stereocenters. The topological polar surface area (TPSA) is 24.5 Å². The van der Waals surface area contributed by atoms with Gasteiger partial charge in [-0.15, -0.1) is 0 Å². The van der Waals surface area contributed by atoms with Crippen molar-refractivity contribution < 1.29 is 4.74 Å². The summed E-state index contributed by atoms with van der Waals surface area (Å²) in [6.07, 6.45) is 0.0519. The summed E-state index contributed by atoms with van der Waals surface area (Å²) in [7, 11) is 1.99. The van der Waals surface area contributed by atoms with Crippen molar-refractivity contribution in [2.24, 2.45) is 0 Å². The molecule has 1 aliphatic heterocycles. The van der Waals surface area contributed by atoms with Crippen molar-refractivity contribution in [3.05, 3.63) is 70.2 Å². The van der Waals surface area contributed by atoms with E-state index in [9.17, 15) is 0 Å². The first kappa shape index (κ1) is 17.4. The van der Waals surface area contributed by atoms with E-state index in [0.717, 1.165) is 36.8 Å². The van der Waals surface area contributed by atoms with Crippen molar-refractivity contribution in [3.8, 4) is 0 Å². The lowest BCUT2D eigenvalue weighted by molar-refractivity contribution is -0.0328. The summed E-state index contributed by atoms with van der Waals surface area (Å²) >= 11 is 6.32. The minimum atomic E-state index is 0.0519. The number of nitrogens with one attached hydrogen (secondary N) is 1. The molecule has 0 spiro atoms. The molecule has 1 N–H and O–H groups in total. The largest absolute Gasteiger partial charge is 0.371 e. The summed E-state index contributed by atoms with van der Waals surface area (Å²) in [4.78, 5) is 2.44. The lowest BCUT2D eigenvalue weighted by Crippen LogP contribution is -2.37. The van der Waals surface area contributed by atoms with Gasteiger partial charge in [-0.3, -0.25) is 4.90 Å². The zero-order valence-corrected chi connectivity index (χ0v) is 15.1. The number of hydrogen-bond donors (Lipinski definition) is 1. The zero-order valence-electron chi connectivity index (χ0n) is 14.3. The Labute approximate surface area is 149 Å². The Balaban J connectivity index is 1.64. The van der Waals surface area contributed by atoms with Crippen LogP contribution in [0.25, 0.3) is 0 Å². The molecule has 2 aromatic carbocycles. The fourth-order valence-corrected chi connectivity index (χ4v) is 3.36. The zero-order chi connectivity index (χ0) is 16.9. The van der Waals surface area contributed by atoms with Crippen molar-refractivity contribution >= 4 is 11.6 Å². The van der Waals surface area contributed by atoms with Crippen LogP contribution in [0.1, 0.15) is 35.8 Å². The van der Waals surface area contributed by atoms with Crippen LogP contribution in [0, 0.1) is 0 Å². The molecule has 3 nitrogen and oxygen atoms in total. The molecular formula is C20H25ClN2O. The van der Waals surface area contributed by atoms with Gasteiger partial charge in [0.05, 0.1) is 12.7 Å². The quantitative estimate of drug-likeness (QED) is 0.880. The van der Waals surface area contributed by atoms with E-state index >= 15 is 0 Å². The summed E-state index contributed by atoms with van der Waals surface area (Å²) < 4.78 is 5.94. The number of benzene rings is 2. The van der Waals surface area contributed by atoms with E-state index in [0.29, 0.717) is 6.04 Å². The number of morpholine rings is 1. The Morgan fingerprint density at radius 1 is 1.21 bits per heavy atom. The molecule has 1 fully saturated rings. The molecule has 0 radical (unpaired) electrons. The second-order valence-corrected chi connectivity index (χ2v) is 6.78. The molecule has 0 bridgehead atoms. The molecular weight excluding hydrogens is 320 g/mol. The highest BCUT2D eigenvalue weighted by atomic mass is 35.5. The van der Waals surface area contributed by atoms with Gasteiger partial charge in [0.15, 0.2) is 0 Å². The van der Waals surface area contributed by atoms with Gasteiger partial charge in [-0.1, -0.05) is 54.1 Å². The van der Waals surface area contributed by atoms with Gasteiger partial charge in [-0.2, -0.15) is 0 Å². The maximum absolute atomic E-state index is 6.32. The fraction of sp³-hybridized carbons (Fsp3) is 0.400. The molecule has 4 heteroatoms. The molecule has 2 aromatic rings. The smallest absolute Gasteiger partial charge is 0.0966 e. The SMILES string of the molecule is CN[C@H](C)c1ccc(CN2CCOC(c3ccccc3Cl)C2)cc1. The lowest BCUT2D eigenvalue weighted by atomic mass is 10.0. The first-order valence-electron chi connectivity index (χ1n) is 8.52. The molecule has 0 aromatic heterocycles. The van der Waals surface area contributed by atoms with E-state index in [4.69, 9.17) is 16.3 Å². The predicted octanol–water partition coefficient (Wildman–Crippen LogP) is 4.19. The number of halogens is 1. The van der Waals surface area contributed by atoms with Crippen molar-refractivity contribution in [3.63, 3.8) is 0 Å². The number of rotatable bonds is 5. The van der Waals surface area contributed by atoms with Crippen LogP contribution in [0.3, 0.4) is 0 Å². The summed E-state index contributed by atoms with van der Waals surface area (Å²) in [6.45, 7) is 5.68. The standard InChI is InChI=1S/C20H25ClN2O/c1-15(22-2)17-9-7-16(8-10-17)13-23-11-12-24-20(14-23)18-5-3-4-6-19(18)21/h3-10,15,20,22H,11-14H2,1-2H3/t15-,20?/m1/s1. The van der Waals surface area contributed by atoms with Crippen LogP contribution in [-0.4, -0.2) is 31.6 Å². The van der Waals surface area contributed by atoms with Gasteiger partial charge >= 0.3 is 0 Å². The van der Waals surface area contributed by atoms with Gasteiger partial charge in [-0.05, 0) is 31.2 Å². The molecule has 3 rings (SSSR count). The van der Waals surface area contributed by atoms with Gasteiger partial charge in [0.1, 0.15) is 0 Å². The Hall–Kier alpha value is -1.39. The maximum Gasteiger partial charge on any atom is 0.0966 e. The summed E-state index contributed by atoms with van der Waals surface area (Å²) in [6, 6.07) is 17.2. The Kier molecular flexibility index (Phi) is 5.90. The predicted molar refractivity (Wildman–Crippen MR) is 99.3 cm³/mol. The van der Waals surface area contributed by atoms with E-state index in [1.54, 1.807) is 0 Å². The van der Waals surface area contributed by atoms with Gasteiger partial charge in [0, 0.05) is 36.3 Å². The average molecular weight is 345 g/mol. The van der Waals surface area contributed by atoms with Crippen molar-refractivity contribution in [1.29, 1.82) is 0 Å². The van der Waals surface area contributed by atoms with Gasteiger partial charge in [0.2, 0.25) is 0 Å². The second-order valence-electron chi connectivity index (χ2n) is 6.37. The maximum atomic E-state index is 6.32. The lowest BCUT2D eigenvalue weighted by Gasteiger charge is -2.33. The van der Waals surface area contributed by atoms with E-state index < -0.39 is 0 Å². The van der Waals surface area contributed by atoms with Crippen molar-refractivity contribution in [2.75, 3.05) is 26.7 Å². The first-order valence-corrected chi connectivity index (χ1v) is 8.89. The van der Waals surface area contributed by atoms with Crippen LogP contribution in [0.2, 0.25) is 5.02 Å². The number of ether oxygens (including phenoxy) is 1. The van der Waals surface area contributed by atoms with Crippen LogP contribution < -0.4 is 5.32 Å². The molecule has 1 aliphatic rings. The monoisotopic (exact) mass is 344 g/mol. The molecule has 1 saturated heterocycles. The third-order valence-corrected chi connectivity index (χ3v) is 5.07. The van der Waals surface area contributed by atoms with Crippen LogP contribution in [0.4, 0.5) is 0 Å². The number of hydrogen-bond acceptors (Lipinski definition) is 3. The fourth-order valence-electron chi connectivity index (χ4n) is 3.11. The normalized spacial score (nSPS) is 20.0. The minimum Gasteiger partial charge on any atom is -0.371 e. The van der Waals surface area contributed by atoms with E-state index in [-0.39, 0.29) is 6.10 Å². The van der Waals surface area contributed by atoms with Gasteiger partial charge in [0.25, 0.3) is 0 Å². The third kappa shape index (κ3) is 4.17. The molecule has 0 saturated carbocycles. The molecule has 0 aliphatic carbocycles. The van der Waals surface area contributed by atoms with Crippen LogP contribution in [-0.2, 0) is 11.3 Å². The Morgan fingerprint density at radius 3 is 2.67 bits per heavy atom. The highest BCUT2D eigenvalue weighted by molar-refractivity contribution is 6.31. The van der Waals surface area contributed by atoms with Crippen LogP contribution in [0.15, 0.2) is 48.5 Å². The highest BCUT2D eigenvalue weighted by Crippen LogP contribution is 2.28. The van der Waals surface area contributed by atoms with Crippen molar-refractivity contribution in [2.45, 2.75) is 25.6 Å². The highest BCUT2D eigenvalue weighted by Gasteiger charge is 2.23. The average Bonchev–Trinajstić information content (AvgIpc) is 2.62. The molecule has 1 heterocycles.